The topological polar surface area (TPSA) is 55.9 Å². The molecular weight excluding hydrogens is 340 g/mol. The quantitative estimate of drug-likeness (QED) is 0.837. The summed E-state index contributed by atoms with van der Waals surface area (Å²) in [7, 11) is 1.74. The van der Waals surface area contributed by atoms with Crippen LogP contribution in [0.3, 0.4) is 0 Å². The molecule has 0 aliphatic carbocycles. The molecule has 0 saturated carbocycles. The second kappa shape index (κ2) is 7.72. The Morgan fingerprint density at radius 2 is 1.89 bits per heavy atom. The summed E-state index contributed by atoms with van der Waals surface area (Å²) in [4.78, 5) is 31.5. The molecule has 2 heterocycles. The number of urea groups is 1. The molecule has 6 heteroatoms. The van der Waals surface area contributed by atoms with Crippen LogP contribution in [-0.4, -0.2) is 66.4 Å². The van der Waals surface area contributed by atoms with Gasteiger partial charge in [-0.05, 0) is 38.1 Å². The summed E-state index contributed by atoms with van der Waals surface area (Å²) in [5.41, 5.74) is 4.79. The first-order chi connectivity index (χ1) is 12.9. The average Bonchev–Trinajstić information content (AvgIpc) is 2.96. The zero-order valence-corrected chi connectivity index (χ0v) is 17.0. The van der Waals surface area contributed by atoms with E-state index in [1.807, 2.05) is 30.9 Å². The molecule has 0 saturated heterocycles. The summed E-state index contributed by atoms with van der Waals surface area (Å²) >= 11 is 0. The van der Waals surface area contributed by atoms with Crippen LogP contribution >= 0.6 is 0 Å². The Morgan fingerprint density at radius 1 is 1.19 bits per heavy atom. The molecule has 1 atom stereocenters. The monoisotopic (exact) mass is 370 g/mol. The van der Waals surface area contributed by atoms with Crippen molar-refractivity contribution in [1.29, 1.82) is 0 Å². The largest absolute Gasteiger partial charge is 0.332 e. The van der Waals surface area contributed by atoms with Crippen molar-refractivity contribution in [3.05, 3.63) is 46.2 Å². The van der Waals surface area contributed by atoms with Gasteiger partial charge in [-0.1, -0.05) is 37.6 Å². The predicted molar refractivity (Wildman–Crippen MR) is 106 cm³/mol. The summed E-state index contributed by atoms with van der Waals surface area (Å²) in [6, 6.07) is 5.62. The molecule has 0 fully saturated rings. The standard InChI is InChI=1S/C21H30N4O2/c1-6-24(7-2)10-11-25-13-17-18(20(25)26)19(22-21(27)23(17)5)16-9-8-14(3)12-15(16)4/h8-9,12,19H,6-7,10-11,13H2,1-5H3,(H,22,27)/t19-/m0/s1. The Kier molecular flexibility index (Phi) is 5.56. The molecule has 6 nitrogen and oxygen atoms in total. The van der Waals surface area contributed by atoms with E-state index < -0.39 is 0 Å². The van der Waals surface area contributed by atoms with Gasteiger partial charge in [-0.25, -0.2) is 4.79 Å². The Bertz CT molecular complexity index is 782. The zero-order chi connectivity index (χ0) is 19.7. The van der Waals surface area contributed by atoms with Crippen LogP contribution in [0.5, 0.6) is 0 Å². The number of amides is 3. The molecule has 2 aliphatic rings. The Balaban J connectivity index is 1.90. The molecule has 0 bridgehead atoms. The molecule has 1 N–H and O–H groups in total. The number of rotatable bonds is 6. The number of likely N-dealkylation sites (N-methyl/N-ethyl adjacent to an activating group) is 2. The molecule has 1 aromatic carbocycles. The highest BCUT2D eigenvalue weighted by Crippen LogP contribution is 2.36. The maximum atomic E-state index is 13.2. The number of benzene rings is 1. The smallest absolute Gasteiger partial charge is 0.322 e. The van der Waals surface area contributed by atoms with Crippen LogP contribution in [0.4, 0.5) is 4.79 Å². The second-order valence-corrected chi connectivity index (χ2v) is 7.42. The maximum Gasteiger partial charge on any atom is 0.322 e. The predicted octanol–water partition coefficient (Wildman–Crippen LogP) is 2.44. The van der Waals surface area contributed by atoms with Crippen molar-refractivity contribution in [3.8, 4) is 0 Å². The van der Waals surface area contributed by atoms with Crippen molar-refractivity contribution in [2.75, 3.05) is 39.8 Å². The van der Waals surface area contributed by atoms with E-state index in [-0.39, 0.29) is 18.0 Å². The lowest BCUT2D eigenvalue weighted by Crippen LogP contribution is -2.45. The first-order valence-corrected chi connectivity index (χ1v) is 9.73. The van der Waals surface area contributed by atoms with Gasteiger partial charge in [-0.3, -0.25) is 9.69 Å². The fraction of sp³-hybridized carbons (Fsp3) is 0.524. The Labute approximate surface area is 161 Å². The molecule has 27 heavy (non-hydrogen) atoms. The van der Waals surface area contributed by atoms with E-state index in [0.29, 0.717) is 18.7 Å². The number of carbonyl (C=O) groups is 2. The van der Waals surface area contributed by atoms with Crippen molar-refractivity contribution in [1.82, 2.24) is 20.0 Å². The third-order valence-corrected chi connectivity index (χ3v) is 5.75. The molecule has 0 spiro atoms. The molecule has 0 aromatic heterocycles. The van der Waals surface area contributed by atoms with E-state index in [1.54, 1.807) is 11.9 Å². The van der Waals surface area contributed by atoms with Crippen LogP contribution in [-0.2, 0) is 4.79 Å². The molecule has 3 amide bonds. The van der Waals surface area contributed by atoms with Gasteiger partial charge < -0.3 is 15.1 Å². The van der Waals surface area contributed by atoms with Gasteiger partial charge in [0.15, 0.2) is 0 Å². The fourth-order valence-electron chi connectivity index (χ4n) is 3.99. The van der Waals surface area contributed by atoms with Crippen LogP contribution in [0.25, 0.3) is 0 Å². The number of nitrogens with one attached hydrogen (secondary N) is 1. The van der Waals surface area contributed by atoms with E-state index in [2.05, 4.69) is 30.1 Å². The van der Waals surface area contributed by atoms with Crippen molar-refractivity contribution in [2.45, 2.75) is 33.7 Å². The van der Waals surface area contributed by atoms with Crippen LogP contribution in [0.1, 0.15) is 36.6 Å². The van der Waals surface area contributed by atoms with E-state index in [4.69, 9.17) is 0 Å². The van der Waals surface area contributed by atoms with Crippen molar-refractivity contribution < 1.29 is 9.59 Å². The zero-order valence-electron chi connectivity index (χ0n) is 17.0. The molecule has 146 valence electrons. The molecule has 0 radical (unpaired) electrons. The van der Waals surface area contributed by atoms with Crippen LogP contribution in [0.2, 0.25) is 0 Å². The van der Waals surface area contributed by atoms with E-state index in [9.17, 15) is 9.59 Å². The summed E-state index contributed by atoms with van der Waals surface area (Å²) < 4.78 is 0. The van der Waals surface area contributed by atoms with Gasteiger partial charge in [0.05, 0.1) is 23.9 Å². The first-order valence-electron chi connectivity index (χ1n) is 9.73. The lowest BCUT2D eigenvalue weighted by molar-refractivity contribution is -0.126. The molecule has 2 aliphatic heterocycles. The number of hydrogen-bond donors (Lipinski definition) is 1. The summed E-state index contributed by atoms with van der Waals surface area (Å²) in [6.45, 7) is 12.3. The summed E-state index contributed by atoms with van der Waals surface area (Å²) in [6.07, 6.45) is 0. The maximum absolute atomic E-state index is 13.2. The van der Waals surface area contributed by atoms with Gasteiger partial charge in [0.2, 0.25) is 0 Å². The van der Waals surface area contributed by atoms with Crippen molar-refractivity contribution in [3.63, 3.8) is 0 Å². The number of carbonyl (C=O) groups excluding carboxylic acids is 2. The molecular formula is C21H30N4O2. The molecule has 3 rings (SSSR count). The number of nitrogens with zero attached hydrogens (tertiary/aromatic N) is 3. The highest BCUT2D eigenvalue weighted by atomic mass is 16.2. The van der Waals surface area contributed by atoms with E-state index in [0.717, 1.165) is 36.5 Å². The third-order valence-electron chi connectivity index (χ3n) is 5.75. The summed E-state index contributed by atoms with van der Waals surface area (Å²) in [5, 5.41) is 3.02. The number of hydrogen-bond acceptors (Lipinski definition) is 3. The SMILES string of the molecule is CCN(CC)CCN1CC2=C(C1=O)[C@H](c1ccc(C)cc1C)NC(=O)N2C. The highest BCUT2D eigenvalue weighted by Gasteiger charge is 2.43. The average molecular weight is 370 g/mol. The molecule has 0 unspecified atom stereocenters. The van der Waals surface area contributed by atoms with Crippen LogP contribution in [0.15, 0.2) is 29.5 Å². The second-order valence-electron chi connectivity index (χ2n) is 7.42. The van der Waals surface area contributed by atoms with Crippen LogP contribution < -0.4 is 5.32 Å². The van der Waals surface area contributed by atoms with Crippen LogP contribution in [0, 0.1) is 13.8 Å². The van der Waals surface area contributed by atoms with Gasteiger partial charge >= 0.3 is 6.03 Å². The van der Waals surface area contributed by atoms with E-state index in [1.165, 1.54) is 5.56 Å². The molecule has 1 aromatic rings. The Morgan fingerprint density at radius 3 is 2.52 bits per heavy atom. The fourth-order valence-corrected chi connectivity index (χ4v) is 3.99. The van der Waals surface area contributed by atoms with E-state index >= 15 is 0 Å². The Hall–Kier alpha value is -2.34. The normalized spacial score (nSPS) is 19.9. The highest BCUT2D eigenvalue weighted by molar-refractivity contribution is 6.01. The van der Waals surface area contributed by atoms with Gasteiger partial charge in [0.1, 0.15) is 0 Å². The van der Waals surface area contributed by atoms with Crippen molar-refractivity contribution >= 4 is 11.9 Å². The minimum atomic E-state index is -0.379. The van der Waals surface area contributed by atoms with Crippen molar-refractivity contribution in [2.24, 2.45) is 0 Å². The third kappa shape index (κ3) is 3.58. The lowest BCUT2D eigenvalue weighted by atomic mass is 9.91. The van der Waals surface area contributed by atoms with Gasteiger partial charge in [0, 0.05) is 20.1 Å². The lowest BCUT2D eigenvalue weighted by Gasteiger charge is -2.31. The van der Waals surface area contributed by atoms with Gasteiger partial charge in [-0.15, -0.1) is 0 Å². The minimum absolute atomic E-state index is 0.0361. The van der Waals surface area contributed by atoms with Gasteiger partial charge in [0.25, 0.3) is 5.91 Å². The summed E-state index contributed by atoms with van der Waals surface area (Å²) in [5.74, 6) is 0.0361. The number of aryl methyl sites for hydroxylation is 2. The first kappa shape index (κ1) is 19.4. The minimum Gasteiger partial charge on any atom is -0.332 e. The van der Waals surface area contributed by atoms with Gasteiger partial charge in [-0.2, -0.15) is 0 Å².